The Hall–Kier alpha value is -0.550. The van der Waals surface area contributed by atoms with E-state index in [4.69, 9.17) is 11.6 Å². The fourth-order valence-electron chi connectivity index (χ4n) is 2.59. The Labute approximate surface area is 149 Å². The third-order valence-corrected chi connectivity index (χ3v) is 4.02. The van der Waals surface area contributed by atoms with Crippen LogP contribution in [0.15, 0.2) is 18.5 Å². The van der Waals surface area contributed by atoms with Crippen LogP contribution in [0.4, 0.5) is 0 Å². The van der Waals surface area contributed by atoms with Gasteiger partial charge in [0.15, 0.2) is 0 Å². The van der Waals surface area contributed by atoms with Crippen molar-refractivity contribution in [3.8, 4) is 0 Å². The molecule has 1 amide bonds. The highest BCUT2D eigenvalue weighted by molar-refractivity contribution is 6.33. The van der Waals surface area contributed by atoms with Crippen molar-refractivity contribution in [1.82, 2.24) is 15.6 Å². The summed E-state index contributed by atoms with van der Waals surface area (Å²) >= 11 is 5.93. The van der Waals surface area contributed by atoms with Crippen LogP contribution in [0.25, 0.3) is 0 Å². The first-order chi connectivity index (χ1) is 9.77. The molecule has 0 aliphatic heterocycles. The third kappa shape index (κ3) is 7.14. The lowest BCUT2D eigenvalue weighted by molar-refractivity contribution is 0.0953. The molecule has 0 atom stereocenters. The molecular formula is C15H24Cl3N3O. The maximum absolute atomic E-state index is 11.9. The molecule has 1 aliphatic carbocycles. The van der Waals surface area contributed by atoms with Gasteiger partial charge in [-0.1, -0.05) is 37.3 Å². The number of carbonyl (C=O) groups is 1. The largest absolute Gasteiger partial charge is 0.351 e. The number of hydrogen-bond donors (Lipinski definition) is 2. The number of nitrogens with zero attached hydrogens (tertiary/aromatic N) is 1. The molecule has 0 radical (unpaired) electrons. The van der Waals surface area contributed by atoms with Crippen LogP contribution in [-0.4, -0.2) is 30.0 Å². The molecule has 2 rings (SSSR count). The van der Waals surface area contributed by atoms with Gasteiger partial charge in [-0.25, -0.2) is 0 Å². The Morgan fingerprint density at radius 1 is 1.18 bits per heavy atom. The van der Waals surface area contributed by atoms with Crippen molar-refractivity contribution >= 4 is 42.3 Å². The van der Waals surface area contributed by atoms with Crippen molar-refractivity contribution in [2.45, 2.75) is 44.6 Å². The number of hydrogen-bond acceptors (Lipinski definition) is 3. The predicted molar refractivity (Wildman–Crippen MR) is 95.6 cm³/mol. The van der Waals surface area contributed by atoms with Gasteiger partial charge in [0.25, 0.3) is 5.91 Å². The first-order valence-electron chi connectivity index (χ1n) is 7.38. The Kier molecular flexibility index (Phi) is 11.6. The van der Waals surface area contributed by atoms with Gasteiger partial charge < -0.3 is 10.6 Å². The van der Waals surface area contributed by atoms with Crippen LogP contribution in [-0.2, 0) is 0 Å². The molecule has 7 heteroatoms. The van der Waals surface area contributed by atoms with Gasteiger partial charge in [-0.2, -0.15) is 0 Å². The van der Waals surface area contributed by atoms with E-state index in [1.54, 1.807) is 12.3 Å². The van der Waals surface area contributed by atoms with E-state index in [1.807, 2.05) is 0 Å². The molecule has 1 heterocycles. The summed E-state index contributed by atoms with van der Waals surface area (Å²) < 4.78 is 0. The van der Waals surface area contributed by atoms with Crippen LogP contribution >= 0.6 is 36.4 Å². The van der Waals surface area contributed by atoms with Gasteiger partial charge in [0.2, 0.25) is 0 Å². The Morgan fingerprint density at radius 2 is 1.86 bits per heavy atom. The summed E-state index contributed by atoms with van der Waals surface area (Å²) in [4.78, 5) is 15.8. The number of aromatic nitrogens is 1. The third-order valence-electron chi connectivity index (χ3n) is 3.72. The highest BCUT2D eigenvalue weighted by atomic mass is 35.5. The summed E-state index contributed by atoms with van der Waals surface area (Å²) in [5.41, 5.74) is 0.483. The average Bonchev–Trinajstić information content (AvgIpc) is 2.72. The number of nitrogens with one attached hydrogen (secondary N) is 2. The van der Waals surface area contributed by atoms with Crippen molar-refractivity contribution in [3.05, 3.63) is 29.0 Å². The zero-order valence-corrected chi connectivity index (χ0v) is 14.9. The van der Waals surface area contributed by atoms with Crippen molar-refractivity contribution in [1.29, 1.82) is 0 Å². The molecule has 1 aliphatic rings. The summed E-state index contributed by atoms with van der Waals surface area (Å²) in [6, 6.07) is 2.25. The molecule has 1 fully saturated rings. The normalized spacial score (nSPS) is 15.1. The van der Waals surface area contributed by atoms with Crippen LogP contribution < -0.4 is 10.6 Å². The van der Waals surface area contributed by atoms with E-state index in [0.717, 1.165) is 6.54 Å². The molecule has 2 N–H and O–H groups in total. The van der Waals surface area contributed by atoms with E-state index in [9.17, 15) is 4.79 Å². The first kappa shape index (κ1) is 21.4. The minimum absolute atomic E-state index is 0. The van der Waals surface area contributed by atoms with E-state index in [1.165, 1.54) is 44.7 Å². The van der Waals surface area contributed by atoms with Crippen LogP contribution in [0.2, 0.25) is 5.02 Å². The zero-order chi connectivity index (χ0) is 14.2. The van der Waals surface area contributed by atoms with E-state index in [-0.39, 0.29) is 30.7 Å². The summed E-state index contributed by atoms with van der Waals surface area (Å²) in [6.07, 6.45) is 10.9. The zero-order valence-electron chi connectivity index (χ0n) is 12.5. The van der Waals surface area contributed by atoms with Gasteiger partial charge >= 0.3 is 0 Å². The maximum atomic E-state index is 11.9. The molecule has 22 heavy (non-hydrogen) atoms. The molecule has 4 nitrogen and oxygen atoms in total. The quantitative estimate of drug-likeness (QED) is 0.616. The number of halogens is 3. The number of carbonyl (C=O) groups excluding carboxylic acids is 1. The van der Waals surface area contributed by atoms with Gasteiger partial charge in [0.05, 0.1) is 10.6 Å². The van der Waals surface area contributed by atoms with Gasteiger partial charge in [0, 0.05) is 31.5 Å². The smallest absolute Gasteiger partial charge is 0.252 e. The standard InChI is InChI=1S/C15H22ClN3O.2ClH/c16-14-11-17-8-7-13(14)15(20)19-10-9-18-12-5-3-1-2-4-6-12;;/h7-8,11-12,18H,1-6,9-10H2,(H,19,20);2*1H. The number of rotatable bonds is 5. The molecular weight excluding hydrogens is 345 g/mol. The monoisotopic (exact) mass is 367 g/mol. The SMILES string of the molecule is Cl.Cl.O=C(NCCNC1CCCCCC1)c1ccncc1Cl. The van der Waals surface area contributed by atoms with Crippen LogP contribution in [0.5, 0.6) is 0 Å². The number of amides is 1. The van der Waals surface area contributed by atoms with Gasteiger partial charge in [-0.15, -0.1) is 24.8 Å². The lowest BCUT2D eigenvalue weighted by atomic mass is 10.1. The molecule has 0 unspecified atom stereocenters. The molecule has 0 saturated heterocycles. The fraction of sp³-hybridized carbons (Fsp3) is 0.600. The van der Waals surface area contributed by atoms with Crippen LogP contribution in [0.1, 0.15) is 48.9 Å². The first-order valence-corrected chi connectivity index (χ1v) is 7.76. The van der Waals surface area contributed by atoms with Crippen molar-refractivity contribution < 1.29 is 4.79 Å². The highest BCUT2D eigenvalue weighted by Gasteiger charge is 2.12. The van der Waals surface area contributed by atoms with Gasteiger partial charge in [-0.05, 0) is 18.9 Å². The summed E-state index contributed by atoms with van der Waals surface area (Å²) in [6.45, 7) is 1.42. The minimum atomic E-state index is -0.139. The molecule has 1 aromatic heterocycles. The van der Waals surface area contributed by atoms with Gasteiger partial charge in [-0.3, -0.25) is 9.78 Å². The molecule has 0 bridgehead atoms. The van der Waals surface area contributed by atoms with Crippen molar-refractivity contribution in [2.75, 3.05) is 13.1 Å². The molecule has 0 spiro atoms. The van der Waals surface area contributed by atoms with E-state index in [0.29, 0.717) is 23.2 Å². The molecule has 1 saturated carbocycles. The van der Waals surface area contributed by atoms with E-state index >= 15 is 0 Å². The number of pyridine rings is 1. The molecule has 0 aromatic carbocycles. The second-order valence-corrected chi connectivity index (χ2v) is 5.66. The Morgan fingerprint density at radius 3 is 2.50 bits per heavy atom. The van der Waals surface area contributed by atoms with E-state index < -0.39 is 0 Å². The minimum Gasteiger partial charge on any atom is -0.351 e. The molecule has 1 aromatic rings. The predicted octanol–water partition coefficient (Wildman–Crippen LogP) is 3.62. The lowest BCUT2D eigenvalue weighted by Gasteiger charge is -2.16. The summed E-state index contributed by atoms with van der Waals surface area (Å²) in [7, 11) is 0. The Balaban J connectivity index is 0.00000220. The van der Waals surface area contributed by atoms with Crippen molar-refractivity contribution in [2.24, 2.45) is 0 Å². The average molecular weight is 369 g/mol. The summed E-state index contributed by atoms with van der Waals surface area (Å²) in [5.74, 6) is -0.139. The summed E-state index contributed by atoms with van der Waals surface area (Å²) in [5, 5.41) is 6.79. The topological polar surface area (TPSA) is 54.0 Å². The molecule has 126 valence electrons. The van der Waals surface area contributed by atoms with Crippen LogP contribution in [0, 0.1) is 0 Å². The van der Waals surface area contributed by atoms with Gasteiger partial charge in [0.1, 0.15) is 0 Å². The lowest BCUT2D eigenvalue weighted by Crippen LogP contribution is -2.36. The van der Waals surface area contributed by atoms with Crippen molar-refractivity contribution in [3.63, 3.8) is 0 Å². The second-order valence-electron chi connectivity index (χ2n) is 5.25. The maximum Gasteiger partial charge on any atom is 0.252 e. The highest BCUT2D eigenvalue weighted by Crippen LogP contribution is 2.17. The second kappa shape index (κ2) is 11.9. The van der Waals surface area contributed by atoms with Crippen LogP contribution in [0.3, 0.4) is 0 Å². The van der Waals surface area contributed by atoms with E-state index in [2.05, 4.69) is 15.6 Å². The Bertz CT molecular complexity index is 438. The fourth-order valence-corrected chi connectivity index (χ4v) is 2.80.